The topological polar surface area (TPSA) is 114 Å². The van der Waals surface area contributed by atoms with Crippen molar-refractivity contribution in [1.82, 2.24) is 20.4 Å². The number of amides is 1. The van der Waals surface area contributed by atoms with Crippen molar-refractivity contribution in [3.8, 4) is 0 Å². The summed E-state index contributed by atoms with van der Waals surface area (Å²) in [6.07, 6.45) is 0. The lowest BCUT2D eigenvalue weighted by Crippen LogP contribution is -2.35. The molecule has 25 heavy (non-hydrogen) atoms. The minimum atomic E-state index is -3.87. The van der Waals surface area contributed by atoms with Gasteiger partial charge in [-0.05, 0) is 34.6 Å². The summed E-state index contributed by atoms with van der Waals surface area (Å²) in [6.45, 7) is -0.0936. The van der Waals surface area contributed by atoms with Crippen LogP contribution in [0, 0.1) is 5.82 Å². The maximum Gasteiger partial charge on any atom is 0.254 e. The zero-order valence-corrected chi connectivity index (χ0v) is 13.6. The Morgan fingerprint density at radius 2 is 1.88 bits per heavy atom. The van der Waals surface area contributed by atoms with Gasteiger partial charge in [-0.3, -0.25) is 4.79 Å². The number of hydrogen-bond donors (Lipinski definition) is 2. The van der Waals surface area contributed by atoms with Crippen LogP contribution in [0.15, 0.2) is 52.0 Å². The highest BCUT2D eigenvalue weighted by atomic mass is 32.2. The van der Waals surface area contributed by atoms with Crippen molar-refractivity contribution in [1.29, 1.82) is 0 Å². The lowest BCUT2D eigenvalue weighted by Gasteiger charge is -2.08. The Bertz CT molecular complexity index is 1020. The van der Waals surface area contributed by atoms with E-state index in [9.17, 15) is 17.6 Å². The summed E-state index contributed by atoms with van der Waals surface area (Å²) in [7, 11) is -3.87. The van der Waals surface area contributed by atoms with Gasteiger partial charge in [0, 0.05) is 13.1 Å². The summed E-state index contributed by atoms with van der Waals surface area (Å²) in [6, 6.07) is 9.97. The maximum absolute atomic E-state index is 13.5. The number of rotatable bonds is 6. The number of benzene rings is 2. The molecule has 1 heterocycles. The van der Waals surface area contributed by atoms with Crippen LogP contribution in [0.4, 0.5) is 4.39 Å². The largest absolute Gasteiger partial charge is 0.351 e. The van der Waals surface area contributed by atoms with Crippen LogP contribution >= 0.6 is 0 Å². The number of nitrogens with zero attached hydrogens (tertiary/aromatic N) is 2. The van der Waals surface area contributed by atoms with Crippen LogP contribution in [0.1, 0.15) is 10.4 Å². The van der Waals surface area contributed by atoms with Gasteiger partial charge in [-0.2, -0.15) is 0 Å². The first-order valence-electron chi connectivity index (χ1n) is 7.23. The SMILES string of the molecule is O=C(NCCNS(=O)(=O)c1cccc2nonc12)c1ccccc1F. The molecular formula is C15H13FN4O4S. The van der Waals surface area contributed by atoms with Crippen LogP contribution in [-0.4, -0.2) is 37.7 Å². The molecule has 0 saturated heterocycles. The van der Waals surface area contributed by atoms with Crippen molar-refractivity contribution in [2.45, 2.75) is 4.90 Å². The van der Waals surface area contributed by atoms with Crippen LogP contribution in [0.2, 0.25) is 0 Å². The molecule has 3 rings (SSSR count). The number of halogens is 1. The number of fused-ring (bicyclic) bond motifs is 1. The van der Waals surface area contributed by atoms with Gasteiger partial charge in [-0.1, -0.05) is 18.2 Å². The van der Waals surface area contributed by atoms with Crippen molar-refractivity contribution in [3.05, 3.63) is 53.8 Å². The smallest absolute Gasteiger partial charge is 0.254 e. The summed E-state index contributed by atoms with van der Waals surface area (Å²) < 4.78 is 45.0. The van der Waals surface area contributed by atoms with E-state index in [1.807, 2.05) is 0 Å². The fourth-order valence-corrected chi connectivity index (χ4v) is 3.36. The molecule has 0 spiro atoms. The average molecular weight is 364 g/mol. The molecule has 0 radical (unpaired) electrons. The third-order valence-corrected chi connectivity index (χ3v) is 4.85. The van der Waals surface area contributed by atoms with E-state index in [0.717, 1.165) is 0 Å². The highest BCUT2D eigenvalue weighted by Gasteiger charge is 2.20. The van der Waals surface area contributed by atoms with Gasteiger partial charge in [-0.25, -0.2) is 22.2 Å². The normalized spacial score (nSPS) is 11.6. The summed E-state index contributed by atoms with van der Waals surface area (Å²) in [5.41, 5.74) is 0.324. The average Bonchev–Trinajstić information content (AvgIpc) is 3.07. The molecule has 0 atom stereocenters. The highest BCUT2D eigenvalue weighted by Crippen LogP contribution is 2.19. The Morgan fingerprint density at radius 1 is 1.08 bits per heavy atom. The van der Waals surface area contributed by atoms with Crippen LogP contribution < -0.4 is 10.0 Å². The summed E-state index contributed by atoms with van der Waals surface area (Å²) >= 11 is 0. The molecule has 0 aliphatic carbocycles. The monoisotopic (exact) mass is 364 g/mol. The molecule has 10 heteroatoms. The van der Waals surface area contributed by atoms with Crippen LogP contribution in [0.3, 0.4) is 0 Å². The quantitative estimate of drug-likeness (QED) is 0.633. The standard InChI is InChI=1S/C15H13FN4O4S/c16-11-5-2-1-4-10(11)15(21)17-8-9-18-25(22,23)13-7-3-6-12-14(13)20-24-19-12/h1-7,18H,8-9H2,(H,17,21). The Kier molecular flexibility index (Phi) is 4.72. The van der Waals surface area contributed by atoms with E-state index < -0.39 is 21.7 Å². The first kappa shape index (κ1) is 17.0. The van der Waals surface area contributed by atoms with Gasteiger partial charge >= 0.3 is 0 Å². The van der Waals surface area contributed by atoms with E-state index in [-0.39, 0.29) is 29.1 Å². The molecule has 0 aliphatic heterocycles. The van der Waals surface area contributed by atoms with E-state index in [1.165, 1.54) is 36.4 Å². The molecule has 1 amide bonds. The van der Waals surface area contributed by atoms with Crippen molar-refractivity contribution in [2.24, 2.45) is 0 Å². The third-order valence-electron chi connectivity index (χ3n) is 3.36. The van der Waals surface area contributed by atoms with Gasteiger partial charge < -0.3 is 5.32 Å². The maximum atomic E-state index is 13.5. The second-order valence-electron chi connectivity index (χ2n) is 5.02. The van der Waals surface area contributed by atoms with Crippen LogP contribution in [-0.2, 0) is 10.0 Å². The lowest BCUT2D eigenvalue weighted by molar-refractivity contribution is 0.0950. The van der Waals surface area contributed by atoms with E-state index in [0.29, 0.717) is 5.52 Å². The van der Waals surface area contributed by atoms with E-state index in [2.05, 4.69) is 25.0 Å². The molecule has 0 aliphatic rings. The van der Waals surface area contributed by atoms with Crippen molar-refractivity contribution in [3.63, 3.8) is 0 Å². The van der Waals surface area contributed by atoms with Crippen LogP contribution in [0.25, 0.3) is 11.0 Å². The molecule has 0 bridgehead atoms. The lowest BCUT2D eigenvalue weighted by atomic mass is 10.2. The fraction of sp³-hybridized carbons (Fsp3) is 0.133. The van der Waals surface area contributed by atoms with Crippen LogP contribution in [0.5, 0.6) is 0 Å². The Hall–Kier alpha value is -2.85. The fourth-order valence-electron chi connectivity index (χ4n) is 2.18. The molecule has 0 unspecified atom stereocenters. The zero-order chi connectivity index (χ0) is 17.9. The second-order valence-corrected chi connectivity index (χ2v) is 6.76. The molecule has 0 saturated carbocycles. The summed E-state index contributed by atoms with van der Waals surface area (Å²) in [5.74, 6) is -1.27. The molecule has 2 N–H and O–H groups in total. The minimum absolute atomic E-state index is 0.0144. The first-order chi connectivity index (χ1) is 12.0. The first-order valence-corrected chi connectivity index (χ1v) is 8.71. The van der Waals surface area contributed by atoms with E-state index >= 15 is 0 Å². The van der Waals surface area contributed by atoms with Gasteiger partial charge in [0.05, 0.1) is 5.56 Å². The number of carbonyl (C=O) groups excluding carboxylic acids is 1. The van der Waals surface area contributed by atoms with Crippen molar-refractivity contribution >= 4 is 27.0 Å². The highest BCUT2D eigenvalue weighted by molar-refractivity contribution is 7.89. The number of hydrogen-bond acceptors (Lipinski definition) is 6. The van der Waals surface area contributed by atoms with Crippen molar-refractivity contribution in [2.75, 3.05) is 13.1 Å². The predicted molar refractivity (Wildman–Crippen MR) is 85.7 cm³/mol. The minimum Gasteiger partial charge on any atom is -0.351 e. The Labute approximate surface area is 142 Å². The molecular weight excluding hydrogens is 351 g/mol. The number of sulfonamides is 1. The second kappa shape index (κ2) is 6.95. The number of carbonyl (C=O) groups is 1. The molecule has 8 nitrogen and oxygen atoms in total. The Morgan fingerprint density at radius 3 is 2.68 bits per heavy atom. The van der Waals surface area contributed by atoms with Gasteiger partial charge in [0.25, 0.3) is 5.91 Å². The molecule has 0 fully saturated rings. The van der Waals surface area contributed by atoms with Crippen molar-refractivity contribution < 1.29 is 22.2 Å². The molecule has 130 valence electrons. The molecule has 3 aromatic rings. The predicted octanol–water partition coefficient (Wildman–Crippen LogP) is 1.07. The van der Waals surface area contributed by atoms with E-state index in [1.54, 1.807) is 6.07 Å². The summed E-state index contributed by atoms with van der Waals surface area (Å²) in [4.78, 5) is 11.8. The third kappa shape index (κ3) is 3.64. The van der Waals surface area contributed by atoms with Gasteiger partial charge in [0.1, 0.15) is 16.2 Å². The number of aromatic nitrogens is 2. The summed E-state index contributed by atoms with van der Waals surface area (Å²) in [5, 5.41) is 9.60. The van der Waals surface area contributed by atoms with Gasteiger partial charge in [0.15, 0.2) is 5.52 Å². The number of nitrogens with one attached hydrogen (secondary N) is 2. The molecule has 1 aromatic heterocycles. The van der Waals surface area contributed by atoms with Gasteiger partial charge in [-0.15, -0.1) is 0 Å². The zero-order valence-electron chi connectivity index (χ0n) is 12.8. The molecule has 2 aromatic carbocycles. The van der Waals surface area contributed by atoms with Gasteiger partial charge in [0.2, 0.25) is 10.0 Å². The Balaban J connectivity index is 1.61. The van der Waals surface area contributed by atoms with E-state index in [4.69, 9.17) is 0 Å².